The smallest absolute Gasteiger partial charge is 0.320 e. The Morgan fingerprint density at radius 2 is 1.16 bits per heavy atom. The summed E-state index contributed by atoms with van der Waals surface area (Å²) in [5, 5.41) is 0. The molecule has 2 atom stereocenters. The number of hydrogen-bond acceptors (Lipinski definition) is 2. The molecular weight excluding hydrogens is 417 g/mol. The largest absolute Gasteiger partial charge is 0.385 e. The minimum absolute atomic E-state index is 0.334. The van der Waals surface area contributed by atoms with E-state index in [2.05, 4.69) is 26.0 Å². The molecule has 5 heteroatoms. The highest BCUT2D eigenvalue weighted by Crippen LogP contribution is 2.51. The molecule has 1 N–H and O–H groups in total. The van der Waals surface area contributed by atoms with Gasteiger partial charge in [0.1, 0.15) is 0 Å². The normalized spacial score (nSPS) is 15.3. The number of nitrogens with zero attached hydrogens (tertiary/aromatic N) is 1. The van der Waals surface area contributed by atoms with Gasteiger partial charge >= 0.3 is 7.60 Å². The molecule has 0 aromatic carbocycles. The maximum absolute atomic E-state index is 12.6. The van der Waals surface area contributed by atoms with Gasteiger partial charge in [-0.3, -0.25) is 4.57 Å². The summed E-state index contributed by atoms with van der Waals surface area (Å²) in [6.45, 7) is 4.72. The zero-order chi connectivity index (χ0) is 24.1. The van der Waals surface area contributed by atoms with Gasteiger partial charge in [-0.2, -0.15) is 0 Å². The van der Waals surface area contributed by atoms with Gasteiger partial charge in [-0.15, -0.1) is 0 Å². The van der Waals surface area contributed by atoms with E-state index in [1.165, 1.54) is 89.9 Å². The molecule has 0 aliphatic heterocycles. The van der Waals surface area contributed by atoms with Crippen LogP contribution >= 0.6 is 7.60 Å². The van der Waals surface area contributed by atoms with Gasteiger partial charge in [0.05, 0.1) is 27.7 Å². The Bertz CT molecular complexity index is 488. The van der Waals surface area contributed by atoms with Crippen LogP contribution in [0.3, 0.4) is 0 Å². The lowest BCUT2D eigenvalue weighted by molar-refractivity contribution is -0.883. The van der Waals surface area contributed by atoms with Gasteiger partial charge in [-0.25, -0.2) is 0 Å². The number of hydrogen-bond donors (Lipinski definition) is 1. The minimum atomic E-state index is -3.57. The van der Waals surface area contributed by atoms with Crippen LogP contribution < -0.4 is 0 Å². The van der Waals surface area contributed by atoms with Crippen molar-refractivity contribution in [1.82, 2.24) is 0 Å². The molecule has 0 heterocycles. The predicted octanol–water partition coefficient (Wildman–Crippen LogP) is 8.84. The maximum atomic E-state index is 12.6. The first-order chi connectivity index (χ1) is 15.3. The summed E-state index contributed by atoms with van der Waals surface area (Å²) in [6, 6.07) is 0. The van der Waals surface area contributed by atoms with E-state index in [0.717, 1.165) is 19.3 Å². The van der Waals surface area contributed by atoms with E-state index >= 15 is 0 Å². The predicted molar refractivity (Wildman–Crippen MR) is 141 cm³/mol. The Morgan fingerprint density at radius 3 is 1.59 bits per heavy atom. The van der Waals surface area contributed by atoms with Gasteiger partial charge in [0.25, 0.3) is 0 Å². The topological polar surface area (TPSA) is 46.5 Å². The molecule has 4 nitrogen and oxygen atoms in total. The summed E-state index contributed by atoms with van der Waals surface area (Å²) in [4.78, 5) is 10.4. The molecule has 0 aliphatic carbocycles. The van der Waals surface area contributed by atoms with E-state index in [4.69, 9.17) is 4.52 Å². The SMILES string of the molecule is CCCCCC/C=C\CCCCCCCCCCCCOP(=O)(O)C(CCC)[N+](C)(C)C. The Hall–Kier alpha value is -0.150. The first kappa shape index (κ1) is 31.9. The van der Waals surface area contributed by atoms with Crippen molar-refractivity contribution in [2.45, 2.75) is 135 Å². The van der Waals surface area contributed by atoms with Crippen molar-refractivity contribution in [3.05, 3.63) is 12.2 Å². The van der Waals surface area contributed by atoms with Crippen LogP contribution in [0.1, 0.15) is 129 Å². The average molecular weight is 475 g/mol. The Balaban J connectivity index is 3.52. The van der Waals surface area contributed by atoms with Crippen molar-refractivity contribution < 1.29 is 18.5 Å². The van der Waals surface area contributed by atoms with Crippen molar-refractivity contribution >= 4 is 7.60 Å². The fraction of sp³-hybridized carbons (Fsp3) is 0.926. The van der Waals surface area contributed by atoms with Crippen molar-refractivity contribution in [2.24, 2.45) is 0 Å². The van der Waals surface area contributed by atoms with Crippen molar-refractivity contribution in [3.8, 4) is 0 Å². The van der Waals surface area contributed by atoms with Crippen LogP contribution in [0, 0.1) is 0 Å². The molecule has 32 heavy (non-hydrogen) atoms. The highest BCUT2D eigenvalue weighted by atomic mass is 31.2. The summed E-state index contributed by atoms with van der Waals surface area (Å²) in [6.07, 6.45) is 26.9. The highest BCUT2D eigenvalue weighted by molar-refractivity contribution is 7.53. The molecule has 0 aliphatic rings. The lowest BCUT2D eigenvalue weighted by Crippen LogP contribution is -2.45. The summed E-state index contributed by atoms with van der Waals surface area (Å²) in [7, 11) is 2.35. The highest BCUT2D eigenvalue weighted by Gasteiger charge is 2.41. The maximum Gasteiger partial charge on any atom is 0.385 e. The first-order valence-corrected chi connectivity index (χ1v) is 15.3. The molecule has 0 radical (unpaired) electrons. The molecule has 0 saturated carbocycles. The number of unbranched alkanes of at least 4 members (excludes halogenated alkanes) is 14. The minimum Gasteiger partial charge on any atom is -0.320 e. The molecule has 0 aromatic heterocycles. The number of rotatable bonds is 23. The fourth-order valence-corrected chi connectivity index (χ4v) is 6.25. The van der Waals surface area contributed by atoms with Crippen molar-refractivity contribution in [1.29, 1.82) is 0 Å². The molecule has 0 saturated heterocycles. The second-order valence-corrected chi connectivity index (χ2v) is 12.4. The second kappa shape index (κ2) is 20.2. The van der Waals surface area contributed by atoms with Crippen molar-refractivity contribution in [3.63, 3.8) is 0 Å². The third-order valence-corrected chi connectivity index (χ3v) is 8.51. The molecule has 2 unspecified atom stereocenters. The molecule has 0 rings (SSSR count). The van der Waals surface area contributed by atoms with Crippen LogP contribution in [0.2, 0.25) is 0 Å². The van der Waals surface area contributed by atoms with E-state index in [9.17, 15) is 9.46 Å². The Labute approximate surface area is 201 Å². The standard InChI is InChI=1S/C27H56NO3P/c1-6-8-9-10-11-12-13-14-15-16-17-18-19-20-21-22-23-24-26-31-32(29,30)27(25-7-2)28(3,4)5/h12-13,27H,6-11,14-26H2,1-5H3/p+1/b13-12-. The van der Waals surface area contributed by atoms with Crippen molar-refractivity contribution in [2.75, 3.05) is 27.7 Å². The molecule has 0 aromatic rings. The lowest BCUT2D eigenvalue weighted by Gasteiger charge is -2.35. The number of quaternary nitrogens is 1. The summed E-state index contributed by atoms with van der Waals surface area (Å²) >= 11 is 0. The van der Waals surface area contributed by atoms with E-state index in [-0.39, 0.29) is 5.78 Å². The van der Waals surface area contributed by atoms with Gasteiger partial charge in [0, 0.05) is 6.42 Å². The van der Waals surface area contributed by atoms with Gasteiger partial charge in [0.15, 0.2) is 5.78 Å². The molecule has 0 fully saturated rings. The van der Waals surface area contributed by atoms with Crippen LogP contribution in [-0.4, -0.2) is 42.9 Å². The van der Waals surface area contributed by atoms with Gasteiger partial charge in [-0.05, 0) is 38.5 Å². The van der Waals surface area contributed by atoms with Crippen LogP contribution in [0.4, 0.5) is 0 Å². The molecule has 0 amide bonds. The van der Waals surface area contributed by atoms with Gasteiger partial charge in [0.2, 0.25) is 0 Å². The van der Waals surface area contributed by atoms with Gasteiger partial charge in [-0.1, -0.05) is 96.6 Å². The Kier molecular flexibility index (Phi) is 20.1. The van der Waals surface area contributed by atoms with Crippen LogP contribution in [0.15, 0.2) is 12.2 Å². The van der Waals surface area contributed by atoms with E-state index in [1.807, 2.05) is 21.1 Å². The molecule has 0 bridgehead atoms. The quantitative estimate of drug-likeness (QED) is 0.0696. The van der Waals surface area contributed by atoms with Crippen LogP contribution in [0.25, 0.3) is 0 Å². The van der Waals surface area contributed by atoms with Crippen LogP contribution in [0.5, 0.6) is 0 Å². The summed E-state index contributed by atoms with van der Waals surface area (Å²) < 4.78 is 18.6. The third kappa shape index (κ3) is 18.3. The van der Waals surface area contributed by atoms with Crippen LogP contribution in [-0.2, 0) is 9.09 Å². The molecule has 192 valence electrons. The monoisotopic (exact) mass is 474 g/mol. The zero-order valence-corrected chi connectivity index (χ0v) is 23.2. The third-order valence-electron chi connectivity index (χ3n) is 6.25. The van der Waals surface area contributed by atoms with E-state index < -0.39 is 7.60 Å². The lowest BCUT2D eigenvalue weighted by atomic mass is 10.1. The first-order valence-electron chi connectivity index (χ1n) is 13.7. The summed E-state index contributed by atoms with van der Waals surface area (Å²) in [5.41, 5.74) is 0. The fourth-order valence-electron chi connectivity index (χ4n) is 4.23. The number of allylic oxidation sites excluding steroid dienone is 2. The average Bonchev–Trinajstić information content (AvgIpc) is 2.72. The Morgan fingerprint density at radius 1 is 0.719 bits per heavy atom. The summed E-state index contributed by atoms with van der Waals surface area (Å²) in [5.74, 6) is -0.334. The zero-order valence-electron chi connectivity index (χ0n) is 22.3. The molecular formula is C27H57NO3P+. The van der Waals surface area contributed by atoms with E-state index in [1.54, 1.807) is 0 Å². The second-order valence-electron chi connectivity index (χ2n) is 10.4. The van der Waals surface area contributed by atoms with E-state index in [0.29, 0.717) is 17.5 Å². The molecule has 0 spiro atoms. The van der Waals surface area contributed by atoms with Gasteiger partial charge < -0.3 is 13.9 Å².